The van der Waals surface area contributed by atoms with E-state index in [1.165, 1.54) is 29.5 Å². The third kappa shape index (κ3) is 4.46. The molecule has 0 saturated heterocycles. The molecule has 0 atom stereocenters. The van der Waals surface area contributed by atoms with Gasteiger partial charge in [-0.05, 0) is 53.8 Å². The van der Waals surface area contributed by atoms with Crippen molar-refractivity contribution in [3.63, 3.8) is 0 Å². The highest BCUT2D eigenvalue weighted by Gasteiger charge is 2.29. The monoisotopic (exact) mass is 435 g/mol. The van der Waals surface area contributed by atoms with Crippen molar-refractivity contribution in [2.45, 2.75) is 25.4 Å². The summed E-state index contributed by atoms with van der Waals surface area (Å²) in [4.78, 5) is 16.5. The van der Waals surface area contributed by atoms with E-state index in [0.717, 1.165) is 29.0 Å². The van der Waals surface area contributed by atoms with Crippen LogP contribution in [0.4, 0.5) is 28.4 Å². The Bertz CT molecular complexity index is 1080. The number of carbonyl (C=O) groups is 1. The van der Waals surface area contributed by atoms with Crippen molar-refractivity contribution < 1.29 is 22.4 Å². The summed E-state index contributed by atoms with van der Waals surface area (Å²) in [6.07, 6.45) is -1.15. The quantitative estimate of drug-likeness (QED) is 0.397. The normalized spacial score (nSPS) is 13.3. The van der Waals surface area contributed by atoms with Gasteiger partial charge < -0.3 is 10.6 Å². The zero-order valence-electron chi connectivity index (χ0n) is 15.6. The van der Waals surface area contributed by atoms with Gasteiger partial charge in [0.15, 0.2) is 5.13 Å². The summed E-state index contributed by atoms with van der Waals surface area (Å²) in [5, 5.41) is 6.37. The fraction of sp³-hybridized carbons (Fsp3) is 0.238. The molecule has 156 valence electrons. The van der Waals surface area contributed by atoms with Crippen LogP contribution in [-0.4, -0.2) is 17.4 Å². The number of aryl methyl sites for hydroxylation is 1. The number of hydrogen-bond donors (Lipinski definition) is 2. The Kier molecular flexibility index (Phi) is 5.46. The number of thiazole rings is 1. The molecule has 4 nitrogen and oxygen atoms in total. The minimum atomic E-state index is -4.32. The molecule has 2 aromatic carbocycles. The van der Waals surface area contributed by atoms with Gasteiger partial charge in [0.2, 0.25) is 5.91 Å². The molecule has 2 N–H and O–H groups in total. The van der Waals surface area contributed by atoms with Crippen LogP contribution in [-0.2, 0) is 23.8 Å². The van der Waals surface area contributed by atoms with Gasteiger partial charge in [-0.15, -0.1) is 0 Å². The van der Waals surface area contributed by atoms with Crippen LogP contribution in [0.5, 0.6) is 0 Å². The zero-order valence-corrected chi connectivity index (χ0v) is 16.5. The van der Waals surface area contributed by atoms with Crippen LogP contribution in [0.1, 0.15) is 23.1 Å². The fourth-order valence-corrected chi connectivity index (χ4v) is 4.11. The topological polar surface area (TPSA) is 54.0 Å². The SMILES string of the molecule is O=C1Cc2cc(-c3cnc(NCCCc4ccc(C(F)(F)F)cc4)s3)cc(F)c2N1. The lowest BCUT2D eigenvalue weighted by Gasteiger charge is -2.08. The van der Waals surface area contributed by atoms with Gasteiger partial charge in [-0.1, -0.05) is 23.5 Å². The van der Waals surface area contributed by atoms with E-state index >= 15 is 0 Å². The van der Waals surface area contributed by atoms with E-state index in [4.69, 9.17) is 0 Å². The molecule has 2 heterocycles. The molecule has 0 spiro atoms. The summed E-state index contributed by atoms with van der Waals surface area (Å²) in [6.45, 7) is 0.602. The number of fused-ring (bicyclic) bond motifs is 1. The summed E-state index contributed by atoms with van der Waals surface area (Å²) in [5.74, 6) is -0.687. The highest BCUT2D eigenvalue weighted by molar-refractivity contribution is 7.18. The Balaban J connectivity index is 1.32. The molecular formula is C21H17F4N3OS. The van der Waals surface area contributed by atoms with Gasteiger partial charge in [-0.25, -0.2) is 9.37 Å². The van der Waals surface area contributed by atoms with E-state index < -0.39 is 17.6 Å². The number of hydrogen-bond acceptors (Lipinski definition) is 4. The Morgan fingerprint density at radius 3 is 2.67 bits per heavy atom. The molecule has 0 fully saturated rings. The number of alkyl halides is 3. The number of nitrogens with one attached hydrogen (secondary N) is 2. The lowest BCUT2D eigenvalue weighted by molar-refractivity contribution is -0.137. The van der Waals surface area contributed by atoms with Crippen LogP contribution in [0, 0.1) is 5.82 Å². The van der Waals surface area contributed by atoms with Gasteiger partial charge in [0.25, 0.3) is 0 Å². The van der Waals surface area contributed by atoms with Gasteiger partial charge in [-0.3, -0.25) is 4.79 Å². The first-order valence-corrected chi connectivity index (χ1v) is 10.1. The predicted octanol–water partition coefficient (Wildman–Crippen LogP) is 5.51. The maximum Gasteiger partial charge on any atom is 0.416 e. The van der Waals surface area contributed by atoms with E-state index in [9.17, 15) is 22.4 Å². The third-order valence-electron chi connectivity index (χ3n) is 4.78. The smallest absolute Gasteiger partial charge is 0.361 e. The Labute approximate surface area is 174 Å². The largest absolute Gasteiger partial charge is 0.416 e. The summed E-state index contributed by atoms with van der Waals surface area (Å²) in [5.41, 5.74) is 1.73. The maximum atomic E-state index is 14.2. The van der Waals surface area contributed by atoms with Gasteiger partial charge in [0.1, 0.15) is 5.82 Å². The lowest BCUT2D eigenvalue weighted by atomic mass is 10.1. The molecule has 1 aliphatic heterocycles. The third-order valence-corrected chi connectivity index (χ3v) is 5.78. The molecule has 0 saturated carbocycles. The molecule has 4 rings (SSSR count). The van der Waals surface area contributed by atoms with Crippen LogP contribution in [0.2, 0.25) is 0 Å². The second kappa shape index (κ2) is 8.06. The molecule has 1 aromatic heterocycles. The molecule has 0 radical (unpaired) electrons. The average molecular weight is 435 g/mol. The summed E-state index contributed by atoms with van der Waals surface area (Å²) >= 11 is 1.37. The summed E-state index contributed by atoms with van der Waals surface area (Å²) in [6, 6.07) is 8.34. The van der Waals surface area contributed by atoms with Gasteiger partial charge in [0, 0.05) is 12.7 Å². The average Bonchev–Trinajstić information content (AvgIpc) is 3.31. The Hall–Kier alpha value is -2.94. The van der Waals surface area contributed by atoms with Crippen molar-refractivity contribution in [3.8, 4) is 10.4 Å². The number of carbonyl (C=O) groups excluding carboxylic acids is 1. The van der Waals surface area contributed by atoms with Crippen molar-refractivity contribution >= 4 is 28.1 Å². The van der Waals surface area contributed by atoms with Crippen LogP contribution >= 0.6 is 11.3 Å². The highest BCUT2D eigenvalue weighted by atomic mass is 32.1. The van der Waals surface area contributed by atoms with Crippen LogP contribution in [0.15, 0.2) is 42.6 Å². The van der Waals surface area contributed by atoms with Crippen LogP contribution in [0.25, 0.3) is 10.4 Å². The van der Waals surface area contributed by atoms with Gasteiger partial charge in [-0.2, -0.15) is 13.2 Å². The minimum absolute atomic E-state index is 0.161. The molecule has 9 heteroatoms. The standard InChI is InChI=1S/C21H17F4N3OS/c22-16-9-13(8-14-10-18(29)28-19(14)16)17-11-27-20(30-17)26-7-1-2-12-3-5-15(6-4-12)21(23,24)25/h3-6,8-9,11H,1-2,7,10H2,(H,26,27)(H,28,29). The number of benzene rings is 2. The lowest BCUT2D eigenvalue weighted by Crippen LogP contribution is -2.05. The van der Waals surface area contributed by atoms with Crippen molar-refractivity contribution in [3.05, 3.63) is 65.1 Å². The van der Waals surface area contributed by atoms with E-state index in [2.05, 4.69) is 15.6 Å². The first kappa shape index (κ1) is 20.3. The number of aromatic nitrogens is 1. The van der Waals surface area contributed by atoms with E-state index in [1.54, 1.807) is 12.3 Å². The van der Waals surface area contributed by atoms with Crippen LogP contribution in [0.3, 0.4) is 0 Å². The molecule has 30 heavy (non-hydrogen) atoms. The molecule has 1 aliphatic rings. The fourth-order valence-electron chi connectivity index (χ4n) is 3.28. The number of amides is 1. The van der Waals surface area contributed by atoms with Crippen molar-refractivity contribution in [1.82, 2.24) is 4.98 Å². The Morgan fingerprint density at radius 2 is 1.93 bits per heavy atom. The van der Waals surface area contributed by atoms with Crippen molar-refractivity contribution in [2.24, 2.45) is 0 Å². The van der Waals surface area contributed by atoms with E-state index in [1.807, 2.05) is 0 Å². The number of anilines is 2. The second-order valence-electron chi connectivity index (χ2n) is 6.97. The van der Waals surface area contributed by atoms with Gasteiger partial charge in [0.05, 0.1) is 22.5 Å². The van der Waals surface area contributed by atoms with E-state index in [0.29, 0.717) is 29.2 Å². The number of nitrogens with zero attached hydrogens (tertiary/aromatic N) is 1. The predicted molar refractivity (Wildman–Crippen MR) is 108 cm³/mol. The summed E-state index contributed by atoms with van der Waals surface area (Å²) < 4.78 is 52.0. The van der Waals surface area contributed by atoms with Gasteiger partial charge >= 0.3 is 6.18 Å². The first-order valence-electron chi connectivity index (χ1n) is 9.28. The molecule has 3 aromatic rings. The Morgan fingerprint density at radius 1 is 1.17 bits per heavy atom. The first-order chi connectivity index (χ1) is 14.3. The van der Waals surface area contributed by atoms with E-state index in [-0.39, 0.29) is 18.0 Å². The second-order valence-corrected chi connectivity index (χ2v) is 8.00. The van der Waals surface area contributed by atoms with Crippen molar-refractivity contribution in [1.29, 1.82) is 0 Å². The molecule has 0 aliphatic carbocycles. The molecule has 0 bridgehead atoms. The van der Waals surface area contributed by atoms with Crippen molar-refractivity contribution in [2.75, 3.05) is 17.2 Å². The molecule has 1 amide bonds. The van der Waals surface area contributed by atoms with Crippen LogP contribution < -0.4 is 10.6 Å². The zero-order chi connectivity index (χ0) is 21.3. The summed E-state index contributed by atoms with van der Waals surface area (Å²) in [7, 11) is 0. The maximum absolute atomic E-state index is 14.2. The molecule has 0 unspecified atom stereocenters. The number of halogens is 4. The molecular weight excluding hydrogens is 418 g/mol. The highest BCUT2D eigenvalue weighted by Crippen LogP contribution is 2.35. The minimum Gasteiger partial charge on any atom is -0.361 e. The number of rotatable bonds is 6.